The Bertz CT molecular complexity index is 3840. The first-order valence-corrected chi connectivity index (χ1v) is 22.7. The van der Waals surface area contributed by atoms with E-state index in [-0.39, 0.29) is 0 Å². The molecular formula is C64H38O. The molecule has 0 amide bonds. The minimum absolute atomic E-state index is 0.440. The second kappa shape index (κ2) is 12.7. The predicted molar refractivity (Wildman–Crippen MR) is 266 cm³/mol. The second-order valence-electron chi connectivity index (χ2n) is 18.2. The number of hydrogen-bond donors (Lipinski definition) is 0. The minimum Gasteiger partial charge on any atom is -0.457 e. The van der Waals surface area contributed by atoms with Crippen LogP contribution >= 0.6 is 0 Å². The summed E-state index contributed by atoms with van der Waals surface area (Å²) in [7, 11) is 0. The van der Waals surface area contributed by atoms with Crippen molar-refractivity contribution in [2.75, 3.05) is 0 Å². The van der Waals surface area contributed by atoms with E-state index < -0.39 is 10.8 Å². The largest absolute Gasteiger partial charge is 0.457 e. The van der Waals surface area contributed by atoms with Crippen LogP contribution in [0, 0.1) is 0 Å². The van der Waals surface area contributed by atoms with Crippen LogP contribution < -0.4 is 4.74 Å². The summed E-state index contributed by atoms with van der Waals surface area (Å²) < 4.78 is 6.81. The van der Waals surface area contributed by atoms with Crippen molar-refractivity contribution < 1.29 is 4.74 Å². The Morgan fingerprint density at radius 1 is 0.246 bits per heavy atom. The fourth-order valence-corrected chi connectivity index (χ4v) is 12.9. The van der Waals surface area contributed by atoms with Crippen LogP contribution in [-0.4, -0.2) is 0 Å². The maximum atomic E-state index is 6.81. The number of hydrogen-bond acceptors (Lipinski definition) is 1. The van der Waals surface area contributed by atoms with E-state index in [4.69, 9.17) is 4.74 Å². The molecule has 11 aromatic rings. The van der Waals surface area contributed by atoms with Gasteiger partial charge in [0.2, 0.25) is 0 Å². The Balaban J connectivity index is 0.937. The van der Waals surface area contributed by atoms with Crippen molar-refractivity contribution in [1.82, 2.24) is 0 Å². The van der Waals surface area contributed by atoms with Crippen LogP contribution in [0.5, 0.6) is 11.5 Å². The summed E-state index contributed by atoms with van der Waals surface area (Å²) in [6.45, 7) is 0. The third-order valence-corrected chi connectivity index (χ3v) is 15.4. The van der Waals surface area contributed by atoms with Crippen LogP contribution in [-0.2, 0) is 10.8 Å². The smallest absolute Gasteiger partial charge is 0.132 e. The molecule has 4 aliphatic rings. The van der Waals surface area contributed by atoms with E-state index in [0.29, 0.717) is 0 Å². The summed E-state index contributed by atoms with van der Waals surface area (Å²) in [5.41, 5.74) is 22.1. The molecule has 0 saturated heterocycles. The lowest BCUT2D eigenvalue weighted by molar-refractivity contribution is 0.436. The van der Waals surface area contributed by atoms with E-state index in [0.717, 1.165) is 11.5 Å². The Morgan fingerprint density at radius 2 is 0.677 bits per heavy atom. The number of ether oxygens (including phenoxy) is 1. The van der Waals surface area contributed by atoms with Gasteiger partial charge in [0.25, 0.3) is 0 Å². The zero-order chi connectivity index (χ0) is 42.4. The Labute approximate surface area is 377 Å². The van der Waals surface area contributed by atoms with Gasteiger partial charge in [-0.05, 0) is 135 Å². The van der Waals surface area contributed by atoms with Crippen molar-refractivity contribution in [3.63, 3.8) is 0 Å². The van der Waals surface area contributed by atoms with Gasteiger partial charge in [-0.1, -0.05) is 206 Å². The molecule has 15 rings (SSSR count). The molecule has 11 aromatic carbocycles. The van der Waals surface area contributed by atoms with Gasteiger partial charge in [0, 0.05) is 11.1 Å². The molecule has 1 heterocycles. The van der Waals surface area contributed by atoms with Crippen LogP contribution in [0.25, 0.3) is 77.2 Å². The van der Waals surface area contributed by atoms with Crippen molar-refractivity contribution in [2.24, 2.45) is 0 Å². The third kappa shape index (κ3) is 4.33. The third-order valence-electron chi connectivity index (χ3n) is 15.4. The van der Waals surface area contributed by atoms with Gasteiger partial charge in [0.1, 0.15) is 11.5 Å². The lowest BCUT2D eigenvalue weighted by atomic mass is 9.65. The zero-order valence-corrected chi connectivity index (χ0v) is 35.3. The fraction of sp³-hybridized carbons (Fsp3) is 0.0312. The molecule has 2 spiro atoms. The van der Waals surface area contributed by atoms with Gasteiger partial charge in [0.15, 0.2) is 0 Å². The van der Waals surface area contributed by atoms with Gasteiger partial charge in [-0.25, -0.2) is 0 Å². The summed E-state index contributed by atoms with van der Waals surface area (Å²) in [5.74, 6) is 1.81. The monoisotopic (exact) mass is 822 g/mol. The number of benzene rings is 11. The van der Waals surface area contributed by atoms with Gasteiger partial charge >= 0.3 is 0 Å². The van der Waals surface area contributed by atoms with E-state index in [1.165, 1.54) is 122 Å². The summed E-state index contributed by atoms with van der Waals surface area (Å²) in [6.07, 6.45) is 0. The minimum atomic E-state index is -0.523. The highest BCUT2D eigenvalue weighted by Gasteiger charge is 2.53. The summed E-state index contributed by atoms with van der Waals surface area (Å²) in [5, 5.41) is 5.04. The molecule has 0 aromatic heterocycles. The Hall–Kier alpha value is -8.26. The topological polar surface area (TPSA) is 9.23 Å². The summed E-state index contributed by atoms with van der Waals surface area (Å²) in [6, 6.07) is 86.2. The molecule has 0 radical (unpaired) electrons. The molecule has 65 heavy (non-hydrogen) atoms. The molecule has 1 unspecified atom stereocenters. The molecule has 0 fully saturated rings. The van der Waals surface area contributed by atoms with Gasteiger partial charge in [0.05, 0.1) is 10.8 Å². The average molecular weight is 823 g/mol. The Morgan fingerprint density at radius 3 is 1.32 bits per heavy atom. The Kier molecular flexibility index (Phi) is 6.88. The molecule has 1 atom stereocenters. The number of fused-ring (bicyclic) bond motifs is 22. The van der Waals surface area contributed by atoms with Gasteiger partial charge < -0.3 is 4.74 Å². The highest BCUT2D eigenvalue weighted by Crippen LogP contribution is 2.65. The van der Waals surface area contributed by atoms with E-state index in [9.17, 15) is 0 Å². The van der Waals surface area contributed by atoms with Gasteiger partial charge in [-0.15, -0.1) is 0 Å². The maximum Gasteiger partial charge on any atom is 0.132 e. The van der Waals surface area contributed by atoms with Crippen molar-refractivity contribution in [2.45, 2.75) is 10.8 Å². The molecule has 1 nitrogen and oxygen atoms in total. The van der Waals surface area contributed by atoms with Crippen molar-refractivity contribution in [1.29, 1.82) is 0 Å². The molecule has 0 N–H and O–H groups in total. The first-order chi connectivity index (χ1) is 32.2. The molecule has 1 aliphatic heterocycles. The van der Waals surface area contributed by atoms with Crippen LogP contribution in [0.4, 0.5) is 0 Å². The lowest BCUT2D eigenvalue weighted by Crippen LogP contribution is -2.32. The molecule has 300 valence electrons. The first-order valence-electron chi connectivity index (χ1n) is 22.7. The molecule has 1 heteroatoms. The highest BCUT2D eigenvalue weighted by molar-refractivity contribution is 6.08. The maximum absolute atomic E-state index is 6.81. The number of rotatable bonds is 2. The zero-order valence-electron chi connectivity index (χ0n) is 35.3. The van der Waals surface area contributed by atoms with E-state index in [1.807, 2.05) is 0 Å². The van der Waals surface area contributed by atoms with Crippen molar-refractivity contribution in [3.8, 4) is 67.1 Å². The van der Waals surface area contributed by atoms with Gasteiger partial charge in [-0.2, -0.15) is 0 Å². The normalized spacial score (nSPS) is 16.0. The molecule has 0 saturated carbocycles. The highest BCUT2D eigenvalue weighted by atomic mass is 16.5. The predicted octanol–water partition coefficient (Wildman–Crippen LogP) is 16.1. The average Bonchev–Trinajstić information content (AvgIpc) is 3.96. The molecular weight excluding hydrogens is 785 g/mol. The van der Waals surface area contributed by atoms with E-state index >= 15 is 0 Å². The van der Waals surface area contributed by atoms with Crippen LogP contribution in [0.1, 0.15) is 44.5 Å². The van der Waals surface area contributed by atoms with E-state index in [2.05, 4.69) is 231 Å². The van der Waals surface area contributed by atoms with Gasteiger partial charge in [-0.3, -0.25) is 0 Å². The number of para-hydroxylation sites is 1. The standard InChI is InChI=1S/C64H38O/c1-2-16-44-39(15-1)30-35-57-62(44)51-22-8-12-26-55(51)64(57)54-25-11-7-21-49(54)50-32-29-40(37-58(50)64)42-33-34-43(46-18-4-3-17-45(42)46)41-31-36-61-59(38-41)63(56-27-13-14-28-60(56)65-61)52-23-9-5-19-47(52)48-20-6-10-24-53(48)63/h1-38H. The molecule has 0 bridgehead atoms. The quantitative estimate of drug-likeness (QED) is 0.169. The summed E-state index contributed by atoms with van der Waals surface area (Å²) in [4.78, 5) is 0. The van der Waals surface area contributed by atoms with Crippen molar-refractivity contribution >= 4 is 21.5 Å². The molecule has 3 aliphatic carbocycles. The lowest BCUT2D eigenvalue weighted by Gasteiger charge is -2.39. The van der Waals surface area contributed by atoms with Crippen molar-refractivity contribution in [3.05, 3.63) is 275 Å². The van der Waals surface area contributed by atoms with Crippen LogP contribution in [0.2, 0.25) is 0 Å². The SMILES string of the molecule is c1ccc2c(c1)Oc1ccc(-c3ccc(-c4ccc5c(c4)C4(c6ccccc6-5)c5ccccc5-c5c4ccc4ccccc54)c4ccccc34)cc1C21c2ccccc2-c2ccccc21. The fourth-order valence-electron chi connectivity index (χ4n) is 12.9. The van der Waals surface area contributed by atoms with Crippen LogP contribution in [0.3, 0.4) is 0 Å². The second-order valence-corrected chi connectivity index (χ2v) is 18.2. The van der Waals surface area contributed by atoms with Crippen LogP contribution in [0.15, 0.2) is 231 Å². The first kappa shape index (κ1) is 35.2. The summed E-state index contributed by atoms with van der Waals surface area (Å²) >= 11 is 0. The van der Waals surface area contributed by atoms with E-state index in [1.54, 1.807) is 0 Å².